The molecule has 0 fully saturated rings. The third kappa shape index (κ3) is 3.00. The zero-order valence-corrected chi connectivity index (χ0v) is 10.1. The molecular formula is C11H11BrN2O2. The van der Waals surface area contributed by atoms with Gasteiger partial charge in [0.1, 0.15) is 12.4 Å². The first-order valence-corrected chi connectivity index (χ1v) is 5.63. The molecule has 2 aromatic rings. The van der Waals surface area contributed by atoms with E-state index in [2.05, 4.69) is 21.0 Å². The molecule has 84 valence electrons. The van der Waals surface area contributed by atoms with Crippen LogP contribution in [-0.4, -0.2) is 21.5 Å². The summed E-state index contributed by atoms with van der Waals surface area (Å²) in [6, 6.07) is 7.66. The number of halogens is 1. The van der Waals surface area contributed by atoms with E-state index in [1.807, 2.05) is 24.3 Å². The van der Waals surface area contributed by atoms with Crippen LogP contribution in [0.2, 0.25) is 0 Å². The van der Waals surface area contributed by atoms with Crippen molar-refractivity contribution < 1.29 is 9.84 Å². The van der Waals surface area contributed by atoms with Gasteiger partial charge >= 0.3 is 0 Å². The zero-order valence-electron chi connectivity index (χ0n) is 8.51. The summed E-state index contributed by atoms with van der Waals surface area (Å²) in [5.41, 5.74) is 0. The van der Waals surface area contributed by atoms with Crippen LogP contribution in [0.5, 0.6) is 11.5 Å². The first kappa shape index (κ1) is 11.0. The molecule has 1 aromatic heterocycles. The third-order valence-corrected chi connectivity index (χ3v) is 2.50. The molecule has 1 heterocycles. The summed E-state index contributed by atoms with van der Waals surface area (Å²) in [7, 11) is 0. The predicted octanol–water partition coefficient (Wildman–Crippen LogP) is 2.43. The van der Waals surface area contributed by atoms with E-state index < -0.39 is 0 Å². The highest BCUT2D eigenvalue weighted by atomic mass is 79.9. The Hall–Kier alpha value is -1.49. The van der Waals surface area contributed by atoms with E-state index in [1.54, 1.807) is 10.9 Å². The minimum absolute atomic E-state index is 0.169. The van der Waals surface area contributed by atoms with Crippen LogP contribution in [0.4, 0.5) is 0 Å². The van der Waals surface area contributed by atoms with E-state index in [0.29, 0.717) is 13.2 Å². The van der Waals surface area contributed by atoms with Crippen LogP contribution in [0, 0.1) is 0 Å². The van der Waals surface area contributed by atoms with Gasteiger partial charge in [0.05, 0.1) is 18.9 Å². The molecule has 0 aliphatic heterocycles. The van der Waals surface area contributed by atoms with Gasteiger partial charge in [0.25, 0.3) is 0 Å². The topological polar surface area (TPSA) is 47.3 Å². The third-order valence-electron chi connectivity index (χ3n) is 2.00. The second-order valence-electron chi connectivity index (χ2n) is 3.27. The minimum Gasteiger partial charge on any atom is -0.505 e. The summed E-state index contributed by atoms with van der Waals surface area (Å²) in [5, 5.41) is 13.0. The summed E-state index contributed by atoms with van der Waals surface area (Å²) in [6.45, 7) is 1.12. The molecule has 1 aromatic carbocycles. The molecule has 2 rings (SSSR count). The van der Waals surface area contributed by atoms with Gasteiger partial charge in [-0.2, -0.15) is 5.10 Å². The summed E-state index contributed by atoms with van der Waals surface area (Å²) < 4.78 is 8.15. The van der Waals surface area contributed by atoms with Gasteiger partial charge in [0.2, 0.25) is 0 Å². The van der Waals surface area contributed by atoms with E-state index >= 15 is 0 Å². The maximum atomic E-state index is 9.08. The van der Waals surface area contributed by atoms with Crippen molar-refractivity contribution in [1.29, 1.82) is 0 Å². The van der Waals surface area contributed by atoms with Crippen LogP contribution in [0.25, 0.3) is 0 Å². The van der Waals surface area contributed by atoms with Crippen molar-refractivity contribution in [2.24, 2.45) is 0 Å². The highest BCUT2D eigenvalue weighted by Crippen LogP contribution is 2.17. The Labute approximate surface area is 102 Å². The van der Waals surface area contributed by atoms with Crippen LogP contribution in [0.1, 0.15) is 0 Å². The predicted molar refractivity (Wildman–Crippen MR) is 63.5 cm³/mol. The van der Waals surface area contributed by atoms with Gasteiger partial charge in [-0.3, -0.25) is 4.68 Å². The largest absolute Gasteiger partial charge is 0.505 e. The highest BCUT2D eigenvalue weighted by Gasteiger charge is 1.97. The Morgan fingerprint density at radius 1 is 1.44 bits per heavy atom. The molecule has 0 aliphatic rings. The van der Waals surface area contributed by atoms with Gasteiger partial charge in [0, 0.05) is 4.47 Å². The molecular weight excluding hydrogens is 272 g/mol. The standard InChI is InChI=1S/C11H11BrN2O2/c12-9-2-1-3-11(6-9)16-5-4-14-8-10(15)7-13-14/h1-3,6-8,15H,4-5H2. The average Bonchev–Trinajstić information content (AvgIpc) is 2.64. The fourth-order valence-electron chi connectivity index (χ4n) is 1.29. The summed E-state index contributed by atoms with van der Waals surface area (Å²) in [4.78, 5) is 0. The number of benzene rings is 1. The maximum Gasteiger partial charge on any atom is 0.153 e. The fourth-order valence-corrected chi connectivity index (χ4v) is 1.67. The maximum absolute atomic E-state index is 9.08. The molecule has 0 saturated carbocycles. The fraction of sp³-hybridized carbons (Fsp3) is 0.182. The molecule has 0 amide bonds. The van der Waals surface area contributed by atoms with Crippen LogP contribution < -0.4 is 4.74 Å². The number of hydrogen-bond acceptors (Lipinski definition) is 3. The van der Waals surface area contributed by atoms with E-state index in [1.165, 1.54) is 6.20 Å². The van der Waals surface area contributed by atoms with Crippen LogP contribution in [0.3, 0.4) is 0 Å². The molecule has 1 N–H and O–H groups in total. The number of hydrogen-bond donors (Lipinski definition) is 1. The van der Waals surface area contributed by atoms with Crippen molar-refractivity contribution in [1.82, 2.24) is 9.78 Å². The summed E-state index contributed by atoms with van der Waals surface area (Å²) in [6.07, 6.45) is 2.96. The smallest absolute Gasteiger partial charge is 0.153 e. The first-order chi connectivity index (χ1) is 7.74. The van der Waals surface area contributed by atoms with Gasteiger partial charge in [-0.25, -0.2) is 0 Å². The Morgan fingerprint density at radius 3 is 3.00 bits per heavy atom. The van der Waals surface area contributed by atoms with Crippen molar-refractivity contribution in [2.75, 3.05) is 6.61 Å². The van der Waals surface area contributed by atoms with Crippen molar-refractivity contribution in [3.63, 3.8) is 0 Å². The van der Waals surface area contributed by atoms with E-state index in [-0.39, 0.29) is 5.75 Å². The molecule has 0 spiro atoms. The lowest BCUT2D eigenvalue weighted by atomic mass is 10.3. The Balaban J connectivity index is 1.84. The lowest BCUT2D eigenvalue weighted by Gasteiger charge is -2.06. The molecule has 0 aliphatic carbocycles. The molecule has 4 nitrogen and oxygen atoms in total. The van der Waals surface area contributed by atoms with Crippen molar-refractivity contribution in [2.45, 2.75) is 6.54 Å². The van der Waals surface area contributed by atoms with Crippen LogP contribution in [-0.2, 0) is 6.54 Å². The molecule has 0 bridgehead atoms. The Kier molecular flexibility index (Phi) is 3.46. The van der Waals surface area contributed by atoms with Crippen molar-refractivity contribution in [3.05, 3.63) is 41.1 Å². The van der Waals surface area contributed by atoms with Crippen molar-refractivity contribution >= 4 is 15.9 Å². The van der Waals surface area contributed by atoms with Gasteiger partial charge < -0.3 is 9.84 Å². The Bertz CT molecular complexity index is 471. The molecule has 0 saturated heterocycles. The van der Waals surface area contributed by atoms with Crippen LogP contribution in [0.15, 0.2) is 41.1 Å². The monoisotopic (exact) mass is 282 g/mol. The normalized spacial score (nSPS) is 10.3. The second-order valence-corrected chi connectivity index (χ2v) is 4.18. The quantitative estimate of drug-likeness (QED) is 0.937. The average molecular weight is 283 g/mol. The molecule has 0 unspecified atom stereocenters. The highest BCUT2D eigenvalue weighted by molar-refractivity contribution is 9.10. The lowest BCUT2D eigenvalue weighted by Crippen LogP contribution is -2.08. The number of rotatable bonds is 4. The lowest BCUT2D eigenvalue weighted by molar-refractivity contribution is 0.291. The van der Waals surface area contributed by atoms with E-state index in [9.17, 15) is 0 Å². The number of aromatic nitrogens is 2. The number of ether oxygens (including phenoxy) is 1. The molecule has 0 atom stereocenters. The first-order valence-electron chi connectivity index (χ1n) is 4.84. The van der Waals surface area contributed by atoms with E-state index in [4.69, 9.17) is 9.84 Å². The number of nitrogens with zero attached hydrogens (tertiary/aromatic N) is 2. The molecule has 16 heavy (non-hydrogen) atoms. The minimum atomic E-state index is 0.169. The Morgan fingerprint density at radius 2 is 2.31 bits per heavy atom. The van der Waals surface area contributed by atoms with Gasteiger partial charge in [-0.15, -0.1) is 0 Å². The van der Waals surface area contributed by atoms with Crippen molar-refractivity contribution in [3.8, 4) is 11.5 Å². The van der Waals surface area contributed by atoms with Crippen LogP contribution >= 0.6 is 15.9 Å². The number of aromatic hydroxyl groups is 1. The second kappa shape index (κ2) is 5.03. The summed E-state index contributed by atoms with van der Waals surface area (Å²) in [5.74, 6) is 0.980. The van der Waals surface area contributed by atoms with Gasteiger partial charge in [-0.1, -0.05) is 22.0 Å². The molecule has 0 radical (unpaired) electrons. The van der Waals surface area contributed by atoms with Gasteiger partial charge in [-0.05, 0) is 18.2 Å². The SMILES string of the molecule is Oc1cnn(CCOc2cccc(Br)c2)c1. The zero-order chi connectivity index (χ0) is 11.4. The summed E-state index contributed by atoms with van der Waals surface area (Å²) >= 11 is 3.37. The van der Waals surface area contributed by atoms with Gasteiger partial charge in [0.15, 0.2) is 5.75 Å². The molecule has 5 heteroatoms. The van der Waals surface area contributed by atoms with E-state index in [0.717, 1.165) is 10.2 Å².